The van der Waals surface area contributed by atoms with E-state index in [1.807, 2.05) is 26.0 Å². The molecule has 2 N–H and O–H groups in total. The van der Waals surface area contributed by atoms with Gasteiger partial charge in [-0.15, -0.1) is 0 Å². The summed E-state index contributed by atoms with van der Waals surface area (Å²) in [4.78, 5) is 0. The molecule has 0 aliphatic heterocycles. The Balaban J connectivity index is 2.41. The van der Waals surface area contributed by atoms with Gasteiger partial charge in [0, 0.05) is 23.1 Å². The van der Waals surface area contributed by atoms with Crippen LogP contribution in [0.25, 0.3) is 0 Å². The third-order valence-electron chi connectivity index (χ3n) is 2.75. The van der Waals surface area contributed by atoms with E-state index in [4.69, 9.17) is 21.1 Å². The molecule has 0 saturated heterocycles. The maximum absolute atomic E-state index is 9.87. The fourth-order valence-electron chi connectivity index (χ4n) is 1.63. The van der Waals surface area contributed by atoms with Crippen LogP contribution in [0.3, 0.4) is 0 Å². The number of benzene rings is 1. The smallest absolute Gasteiger partial charge is 0.0945 e. The van der Waals surface area contributed by atoms with Gasteiger partial charge in [-0.05, 0) is 47.5 Å². The maximum Gasteiger partial charge on any atom is 0.0945 e. The van der Waals surface area contributed by atoms with E-state index in [9.17, 15) is 5.11 Å². The molecule has 4 nitrogen and oxygen atoms in total. The number of hydrogen-bond acceptors (Lipinski definition) is 4. The van der Waals surface area contributed by atoms with Gasteiger partial charge in [0.15, 0.2) is 0 Å². The maximum atomic E-state index is 9.87. The molecule has 6 heteroatoms. The molecule has 2 atom stereocenters. The number of aliphatic hydroxyl groups is 1. The molecule has 114 valence electrons. The highest BCUT2D eigenvalue weighted by atomic mass is 79.9. The van der Waals surface area contributed by atoms with Gasteiger partial charge < -0.3 is 19.9 Å². The lowest BCUT2D eigenvalue weighted by Gasteiger charge is -2.17. The second-order valence-corrected chi connectivity index (χ2v) is 5.98. The van der Waals surface area contributed by atoms with Crippen LogP contribution in [0.2, 0.25) is 5.02 Å². The van der Waals surface area contributed by atoms with Crippen LogP contribution in [0.1, 0.15) is 12.5 Å². The van der Waals surface area contributed by atoms with Gasteiger partial charge in [-0.1, -0.05) is 11.6 Å². The lowest BCUT2D eigenvalue weighted by atomic mass is 10.2. The Kier molecular flexibility index (Phi) is 7.84. The second-order valence-electron chi connectivity index (χ2n) is 4.72. The van der Waals surface area contributed by atoms with Crippen LogP contribution >= 0.6 is 27.5 Å². The van der Waals surface area contributed by atoms with Crippen molar-refractivity contribution in [2.75, 3.05) is 32.2 Å². The lowest BCUT2D eigenvalue weighted by Crippen LogP contribution is -2.28. The second kappa shape index (κ2) is 8.85. The molecule has 0 saturated carbocycles. The van der Waals surface area contributed by atoms with Crippen LogP contribution in [-0.4, -0.2) is 44.2 Å². The monoisotopic (exact) mass is 365 g/mol. The Morgan fingerprint density at radius 2 is 2.10 bits per heavy atom. The highest BCUT2D eigenvalue weighted by Crippen LogP contribution is 2.29. The molecule has 20 heavy (non-hydrogen) atoms. The van der Waals surface area contributed by atoms with Crippen LogP contribution in [0, 0.1) is 6.92 Å². The zero-order chi connectivity index (χ0) is 15.1. The van der Waals surface area contributed by atoms with E-state index in [0.29, 0.717) is 18.2 Å². The van der Waals surface area contributed by atoms with Crippen LogP contribution in [0.4, 0.5) is 5.69 Å². The summed E-state index contributed by atoms with van der Waals surface area (Å²) in [6, 6.07) is 3.77. The number of ether oxygens (including phenoxy) is 2. The summed E-state index contributed by atoms with van der Waals surface area (Å²) in [6.45, 7) is 5.00. The van der Waals surface area contributed by atoms with Crippen LogP contribution < -0.4 is 5.32 Å². The fourth-order valence-corrected chi connectivity index (χ4v) is 2.39. The summed E-state index contributed by atoms with van der Waals surface area (Å²) >= 11 is 9.54. The quantitative estimate of drug-likeness (QED) is 0.741. The molecule has 0 fully saturated rings. The molecule has 0 aliphatic rings. The van der Waals surface area contributed by atoms with E-state index in [1.165, 1.54) is 0 Å². The molecular formula is C14H21BrClNO3. The predicted molar refractivity (Wildman–Crippen MR) is 85.7 cm³/mol. The minimum atomic E-state index is -0.596. The molecule has 0 spiro atoms. The summed E-state index contributed by atoms with van der Waals surface area (Å²) in [5.74, 6) is 0. The summed E-state index contributed by atoms with van der Waals surface area (Å²) in [5, 5.41) is 13.7. The van der Waals surface area contributed by atoms with Crippen molar-refractivity contribution in [2.45, 2.75) is 26.1 Å². The van der Waals surface area contributed by atoms with Crippen molar-refractivity contribution < 1.29 is 14.6 Å². The van der Waals surface area contributed by atoms with Gasteiger partial charge in [0.05, 0.1) is 31.1 Å². The molecule has 0 aromatic heterocycles. The molecular weight excluding hydrogens is 346 g/mol. The van der Waals surface area contributed by atoms with Crippen molar-refractivity contribution in [3.63, 3.8) is 0 Å². The van der Waals surface area contributed by atoms with Crippen molar-refractivity contribution in [1.29, 1.82) is 0 Å². The Morgan fingerprint density at radius 1 is 1.40 bits per heavy atom. The van der Waals surface area contributed by atoms with Crippen LogP contribution in [0.15, 0.2) is 16.6 Å². The van der Waals surface area contributed by atoms with E-state index in [0.717, 1.165) is 15.7 Å². The Bertz CT molecular complexity index is 431. The highest BCUT2D eigenvalue weighted by Gasteiger charge is 2.10. The van der Waals surface area contributed by atoms with Gasteiger partial charge >= 0.3 is 0 Å². The largest absolute Gasteiger partial charge is 0.389 e. The third kappa shape index (κ3) is 5.97. The molecule has 0 radical (unpaired) electrons. The zero-order valence-electron chi connectivity index (χ0n) is 12.0. The average Bonchev–Trinajstić information content (AvgIpc) is 2.39. The van der Waals surface area contributed by atoms with E-state index in [1.54, 1.807) is 7.11 Å². The number of methoxy groups -OCH3 is 1. The number of halogens is 2. The van der Waals surface area contributed by atoms with Crippen molar-refractivity contribution in [3.05, 3.63) is 27.2 Å². The topological polar surface area (TPSA) is 50.7 Å². The molecule has 0 bridgehead atoms. The first-order valence-corrected chi connectivity index (χ1v) is 7.59. The molecule has 1 aromatic rings. The molecule has 0 heterocycles. The summed E-state index contributed by atoms with van der Waals surface area (Å²) in [5.41, 5.74) is 1.85. The van der Waals surface area contributed by atoms with Crippen LogP contribution in [-0.2, 0) is 9.47 Å². The van der Waals surface area contributed by atoms with Crippen molar-refractivity contribution in [1.82, 2.24) is 0 Å². The summed E-state index contributed by atoms with van der Waals surface area (Å²) < 4.78 is 11.3. The minimum absolute atomic E-state index is 0.0322. The van der Waals surface area contributed by atoms with E-state index >= 15 is 0 Å². The average molecular weight is 367 g/mol. The molecule has 0 amide bonds. The van der Waals surface area contributed by atoms with Crippen molar-refractivity contribution >= 4 is 33.2 Å². The fraction of sp³-hybridized carbons (Fsp3) is 0.571. The predicted octanol–water partition coefficient (Wildman–Crippen LogP) is 3.24. The molecule has 1 aromatic carbocycles. The number of aliphatic hydroxyl groups excluding tert-OH is 1. The highest BCUT2D eigenvalue weighted by molar-refractivity contribution is 9.10. The van der Waals surface area contributed by atoms with Crippen molar-refractivity contribution in [2.24, 2.45) is 0 Å². The van der Waals surface area contributed by atoms with Crippen molar-refractivity contribution in [3.8, 4) is 0 Å². The van der Waals surface area contributed by atoms with Gasteiger partial charge in [-0.3, -0.25) is 0 Å². The zero-order valence-corrected chi connectivity index (χ0v) is 14.3. The lowest BCUT2D eigenvalue weighted by molar-refractivity contribution is -0.0282. The minimum Gasteiger partial charge on any atom is -0.389 e. The first-order chi connectivity index (χ1) is 9.43. The SMILES string of the molecule is COCC(C)OCC(O)CNc1cc(Cl)c(C)cc1Br. The van der Waals surface area contributed by atoms with E-state index < -0.39 is 6.10 Å². The number of hydrogen-bond donors (Lipinski definition) is 2. The van der Waals surface area contributed by atoms with E-state index in [-0.39, 0.29) is 12.7 Å². The number of anilines is 1. The van der Waals surface area contributed by atoms with Gasteiger partial charge in [0.2, 0.25) is 0 Å². The molecule has 0 aliphatic carbocycles. The Labute approximate surface area is 133 Å². The summed E-state index contributed by atoms with van der Waals surface area (Å²) in [7, 11) is 1.62. The number of nitrogens with one attached hydrogen (secondary N) is 1. The Hall–Kier alpha value is -0.330. The molecule has 2 unspecified atom stereocenters. The number of rotatable bonds is 8. The normalized spacial score (nSPS) is 14.1. The van der Waals surface area contributed by atoms with Gasteiger partial charge in [-0.25, -0.2) is 0 Å². The van der Waals surface area contributed by atoms with E-state index in [2.05, 4.69) is 21.2 Å². The number of aryl methyl sites for hydroxylation is 1. The first kappa shape index (κ1) is 17.7. The van der Waals surface area contributed by atoms with Gasteiger partial charge in [-0.2, -0.15) is 0 Å². The Morgan fingerprint density at radius 3 is 2.75 bits per heavy atom. The first-order valence-electron chi connectivity index (χ1n) is 6.42. The van der Waals surface area contributed by atoms with Gasteiger partial charge in [0.1, 0.15) is 0 Å². The standard InChI is InChI=1S/C14H21BrClNO3/c1-9-4-12(15)14(5-13(9)16)17-6-11(18)8-20-10(2)7-19-3/h4-5,10-11,17-18H,6-8H2,1-3H3. The van der Waals surface area contributed by atoms with Crippen LogP contribution in [0.5, 0.6) is 0 Å². The molecule has 1 rings (SSSR count). The summed E-state index contributed by atoms with van der Waals surface area (Å²) in [6.07, 6.45) is -0.628. The van der Waals surface area contributed by atoms with Gasteiger partial charge in [0.25, 0.3) is 0 Å². The third-order valence-corrected chi connectivity index (χ3v) is 3.81.